The number of amides is 1. The van der Waals surface area contributed by atoms with Gasteiger partial charge in [0, 0.05) is 6.54 Å². The molecule has 1 atom stereocenters. The lowest BCUT2D eigenvalue weighted by atomic mass is 10.0. The average molecular weight is 437 g/mol. The van der Waals surface area contributed by atoms with Crippen molar-refractivity contribution < 1.29 is 32.2 Å². The van der Waals surface area contributed by atoms with Gasteiger partial charge >= 0.3 is 6.36 Å². The number of benzene rings is 1. The Bertz CT molecular complexity index is 935. The van der Waals surface area contributed by atoms with Crippen molar-refractivity contribution in [2.75, 3.05) is 5.75 Å². The zero-order valence-electron chi connectivity index (χ0n) is 15.7. The van der Waals surface area contributed by atoms with Crippen molar-refractivity contribution in [1.82, 2.24) is 4.90 Å². The normalized spacial score (nSPS) is 21.4. The molecule has 5 nitrogen and oxygen atoms in total. The summed E-state index contributed by atoms with van der Waals surface area (Å²) in [6.07, 6.45) is 6.15. The highest BCUT2D eigenvalue weighted by Crippen LogP contribution is 2.35. The van der Waals surface area contributed by atoms with Gasteiger partial charge in [0.05, 0.1) is 5.75 Å². The van der Waals surface area contributed by atoms with Crippen LogP contribution in [0.15, 0.2) is 72.1 Å². The molecule has 0 spiro atoms. The molecule has 30 heavy (non-hydrogen) atoms. The summed E-state index contributed by atoms with van der Waals surface area (Å²) in [5.74, 6) is 1.04. The van der Waals surface area contributed by atoms with Crippen LogP contribution < -0.4 is 4.74 Å². The van der Waals surface area contributed by atoms with E-state index in [2.05, 4.69) is 10.8 Å². The summed E-state index contributed by atoms with van der Waals surface area (Å²) in [5.41, 5.74) is 1.72. The van der Waals surface area contributed by atoms with Crippen molar-refractivity contribution in [3.8, 4) is 5.75 Å². The number of rotatable bonds is 5. The fraction of sp³-hybridized carbons (Fsp3) is 0.286. The Morgan fingerprint density at radius 1 is 1.17 bits per heavy atom. The molecule has 2 heterocycles. The smallest absolute Gasteiger partial charge is 0.459 e. The van der Waals surface area contributed by atoms with E-state index in [9.17, 15) is 18.0 Å². The van der Waals surface area contributed by atoms with Crippen molar-refractivity contribution >= 4 is 17.7 Å². The van der Waals surface area contributed by atoms with Crippen LogP contribution in [0.4, 0.5) is 13.2 Å². The van der Waals surface area contributed by atoms with E-state index in [1.165, 1.54) is 42.3 Å². The van der Waals surface area contributed by atoms with Crippen molar-refractivity contribution in [3.05, 3.63) is 77.7 Å². The van der Waals surface area contributed by atoms with Crippen LogP contribution in [-0.2, 0) is 20.8 Å². The first-order valence-electron chi connectivity index (χ1n) is 9.24. The van der Waals surface area contributed by atoms with Gasteiger partial charge in [-0.1, -0.05) is 30.4 Å². The molecule has 1 unspecified atom stereocenters. The molecule has 9 heteroatoms. The summed E-state index contributed by atoms with van der Waals surface area (Å²) in [6, 6.07) is 5.46. The molecule has 0 bridgehead atoms. The number of halogens is 3. The van der Waals surface area contributed by atoms with Gasteiger partial charge in [-0.05, 0) is 36.1 Å². The van der Waals surface area contributed by atoms with Gasteiger partial charge in [-0.15, -0.1) is 24.9 Å². The number of carbonyl (C=O) groups is 1. The van der Waals surface area contributed by atoms with Crippen LogP contribution in [0.3, 0.4) is 0 Å². The summed E-state index contributed by atoms with van der Waals surface area (Å²) in [5, 5.41) is -0.373. The Hall–Kier alpha value is -2.81. The minimum Gasteiger partial charge on any atom is -0.459 e. The summed E-state index contributed by atoms with van der Waals surface area (Å²) in [7, 11) is 0. The monoisotopic (exact) mass is 437 g/mol. The van der Waals surface area contributed by atoms with Crippen LogP contribution in [0.1, 0.15) is 18.4 Å². The maximum absolute atomic E-state index is 12.4. The van der Waals surface area contributed by atoms with E-state index in [4.69, 9.17) is 9.47 Å². The Balaban J connectivity index is 1.41. The SMILES string of the molecule is O=C1CSC(C2=COC(C3=CC=CCC3)=CO2)N1Cc1ccc(OC(F)(F)F)cc1. The van der Waals surface area contributed by atoms with Crippen LogP contribution >= 0.6 is 11.8 Å². The highest BCUT2D eigenvalue weighted by Gasteiger charge is 2.37. The van der Waals surface area contributed by atoms with Gasteiger partial charge in [-0.2, -0.15) is 0 Å². The van der Waals surface area contributed by atoms with Gasteiger partial charge in [0.2, 0.25) is 5.91 Å². The van der Waals surface area contributed by atoms with Crippen molar-refractivity contribution in [3.63, 3.8) is 0 Å². The lowest BCUT2D eigenvalue weighted by Crippen LogP contribution is -2.34. The van der Waals surface area contributed by atoms with Gasteiger partial charge < -0.3 is 19.1 Å². The number of ether oxygens (including phenoxy) is 3. The number of hydrogen-bond acceptors (Lipinski definition) is 5. The fourth-order valence-corrected chi connectivity index (χ4v) is 4.34. The molecule has 0 radical (unpaired) electrons. The quantitative estimate of drug-likeness (QED) is 0.649. The third kappa shape index (κ3) is 4.84. The highest BCUT2D eigenvalue weighted by atomic mass is 32.2. The van der Waals surface area contributed by atoms with Gasteiger partial charge in [0.25, 0.3) is 0 Å². The van der Waals surface area contributed by atoms with Gasteiger partial charge in [-0.25, -0.2) is 0 Å². The molecule has 2 aliphatic heterocycles. The molecule has 0 saturated carbocycles. The summed E-state index contributed by atoms with van der Waals surface area (Å²) >= 11 is 1.41. The van der Waals surface area contributed by atoms with E-state index in [1.54, 1.807) is 11.2 Å². The second kappa shape index (κ2) is 8.51. The van der Waals surface area contributed by atoms with Gasteiger partial charge in [0.1, 0.15) is 23.6 Å². The summed E-state index contributed by atoms with van der Waals surface area (Å²) in [6.45, 7) is 0.232. The number of allylic oxidation sites excluding steroid dienone is 4. The van der Waals surface area contributed by atoms with E-state index < -0.39 is 6.36 Å². The standard InChI is InChI=1S/C21H18F3NO4S/c22-21(23,24)29-16-8-6-14(7-9-16)10-25-19(26)13-30-20(25)18-12-27-17(11-28-18)15-4-2-1-3-5-15/h1-2,4,6-9,11-12,20H,3,5,10,13H2. The predicted octanol–water partition coefficient (Wildman–Crippen LogP) is 4.99. The molecule has 0 aromatic heterocycles. The Kier molecular flexibility index (Phi) is 5.80. The predicted molar refractivity (Wildman–Crippen MR) is 105 cm³/mol. The minimum atomic E-state index is -4.74. The van der Waals surface area contributed by atoms with E-state index in [1.807, 2.05) is 12.2 Å². The van der Waals surface area contributed by atoms with Gasteiger partial charge in [0.15, 0.2) is 11.5 Å². The number of carbonyl (C=O) groups excluding carboxylic acids is 1. The zero-order chi connectivity index (χ0) is 21.1. The lowest BCUT2D eigenvalue weighted by molar-refractivity contribution is -0.274. The number of thioether (sulfide) groups is 1. The Morgan fingerprint density at radius 2 is 1.97 bits per heavy atom. The lowest BCUT2D eigenvalue weighted by Gasteiger charge is -2.27. The molecule has 1 aromatic rings. The first kappa shape index (κ1) is 20.5. The van der Waals surface area contributed by atoms with Crippen molar-refractivity contribution in [2.45, 2.75) is 31.1 Å². The van der Waals surface area contributed by atoms with Crippen LogP contribution in [0.5, 0.6) is 5.75 Å². The second-order valence-electron chi connectivity index (χ2n) is 6.77. The highest BCUT2D eigenvalue weighted by molar-refractivity contribution is 8.01. The van der Waals surface area contributed by atoms with E-state index in [0.29, 0.717) is 17.1 Å². The van der Waals surface area contributed by atoms with Crippen LogP contribution in [-0.4, -0.2) is 28.3 Å². The second-order valence-corrected chi connectivity index (χ2v) is 7.84. The third-order valence-electron chi connectivity index (χ3n) is 4.66. The maximum atomic E-state index is 12.4. The third-order valence-corrected chi connectivity index (χ3v) is 5.87. The van der Waals surface area contributed by atoms with E-state index in [-0.39, 0.29) is 29.3 Å². The average Bonchev–Trinajstić information content (AvgIpc) is 3.09. The van der Waals surface area contributed by atoms with Crippen LogP contribution in [0.25, 0.3) is 0 Å². The maximum Gasteiger partial charge on any atom is 0.573 e. The molecular formula is C21H18F3NO4S. The minimum absolute atomic E-state index is 0.0833. The first-order chi connectivity index (χ1) is 14.4. The largest absolute Gasteiger partial charge is 0.573 e. The Morgan fingerprint density at radius 3 is 2.60 bits per heavy atom. The van der Waals surface area contributed by atoms with E-state index in [0.717, 1.165) is 18.4 Å². The summed E-state index contributed by atoms with van der Waals surface area (Å²) in [4.78, 5) is 14.0. The van der Waals surface area contributed by atoms with Crippen LogP contribution in [0.2, 0.25) is 0 Å². The molecule has 0 N–H and O–H groups in total. The number of hydrogen-bond donors (Lipinski definition) is 0. The molecule has 1 aliphatic carbocycles. The van der Waals surface area contributed by atoms with Crippen molar-refractivity contribution in [2.24, 2.45) is 0 Å². The molecule has 1 aromatic carbocycles. The number of alkyl halides is 3. The molecule has 1 saturated heterocycles. The Labute approximate surface area is 175 Å². The topological polar surface area (TPSA) is 48.0 Å². The molecule has 3 aliphatic rings. The van der Waals surface area contributed by atoms with Crippen molar-refractivity contribution in [1.29, 1.82) is 0 Å². The first-order valence-corrected chi connectivity index (χ1v) is 10.3. The molecule has 158 valence electrons. The number of nitrogens with zero attached hydrogens (tertiary/aromatic N) is 1. The van der Waals surface area contributed by atoms with E-state index >= 15 is 0 Å². The summed E-state index contributed by atoms with van der Waals surface area (Å²) < 4.78 is 52.3. The van der Waals surface area contributed by atoms with Gasteiger partial charge in [-0.3, -0.25) is 4.79 Å². The zero-order valence-corrected chi connectivity index (χ0v) is 16.5. The molecule has 1 fully saturated rings. The van der Waals surface area contributed by atoms with Crippen LogP contribution in [0, 0.1) is 0 Å². The molecule has 4 rings (SSSR count). The fourth-order valence-electron chi connectivity index (χ4n) is 3.23. The molecule has 1 amide bonds. The molecular weight excluding hydrogens is 419 g/mol.